The van der Waals surface area contributed by atoms with Crippen LogP contribution in [0.1, 0.15) is 56.4 Å². The van der Waals surface area contributed by atoms with E-state index in [4.69, 9.17) is 4.98 Å². The van der Waals surface area contributed by atoms with Crippen molar-refractivity contribution in [2.45, 2.75) is 46.1 Å². The van der Waals surface area contributed by atoms with Crippen molar-refractivity contribution in [2.75, 3.05) is 25.0 Å². The molecule has 1 N–H and O–H groups in total. The van der Waals surface area contributed by atoms with Crippen LogP contribution in [0.4, 0.5) is 5.82 Å². The first-order chi connectivity index (χ1) is 15.0. The highest BCUT2D eigenvalue weighted by atomic mass is 16.2. The van der Waals surface area contributed by atoms with Gasteiger partial charge in [0.2, 0.25) is 5.91 Å². The number of nitrogens with zero attached hydrogens (tertiary/aromatic N) is 5. The SMILES string of the molecule is CC(=O)c1cccc(-c2nc3c(NCCCN4CCCC4=O)ncnc3n2C(C)C)c1. The molecule has 162 valence electrons. The van der Waals surface area contributed by atoms with Crippen LogP contribution in [0, 0.1) is 0 Å². The number of carbonyl (C=O) groups is 2. The molecule has 0 spiro atoms. The van der Waals surface area contributed by atoms with Crippen LogP contribution in [0.5, 0.6) is 0 Å². The molecule has 3 heterocycles. The summed E-state index contributed by atoms with van der Waals surface area (Å²) >= 11 is 0. The van der Waals surface area contributed by atoms with Crippen LogP contribution in [0.25, 0.3) is 22.6 Å². The molecule has 0 aliphatic carbocycles. The number of carbonyl (C=O) groups excluding carboxylic acids is 2. The third-order valence-corrected chi connectivity index (χ3v) is 5.59. The van der Waals surface area contributed by atoms with E-state index in [1.54, 1.807) is 13.3 Å². The first-order valence-corrected chi connectivity index (χ1v) is 10.8. The molecule has 4 rings (SSSR count). The van der Waals surface area contributed by atoms with E-state index >= 15 is 0 Å². The molecule has 31 heavy (non-hydrogen) atoms. The predicted octanol–water partition coefficient (Wildman–Crippen LogP) is 3.70. The van der Waals surface area contributed by atoms with Crippen molar-refractivity contribution in [3.05, 3.63) is 36.2 Å². The Balaban J connectivity index is 1.61. The van der Waals surface area contributed by atoms with Crippen molar-refractivity contribution in [1.29, 1.82) is 0 Å². The van der Waals surface area contributed by atoms with Gasteiger partial charge in [-0.05, 0) is 39.7 Å². The first-order valence-electron chi connectivity index (χ1n) is 10.8. The molecule has 8 heteroatoms. The summed E-state index contributed by atoms with van der Waals surface area (Å²) in [4.78, 5) is 39.3. The lowest BCUT2D eigenvalue weighted by molar-refractivity contribution is -0.127. The van der Waals surface area contributed by atoms with Crippen LogP contribution in [0.3, 0.4) is 0 Å². The molecule has 1 amide bonds. The lowest BCUT2D eigenvalue weighted by Crippen LogP contribution is -2.27. The van der Waals surface area contributed by atoms with Crippen LogP contribution >= 0.6 is 0 Å². The Labute approximate surface area is 181 Å². The standard InChI is InChI=1S/C23H28N6O2/c1-15(2)29-22(18-8-4-7-17(13-18)16(3)30)27-20-21(25-14-26-23(20)29)24-10-6-12-28-11-5-9-19(28)31/h4,7-8,13-15H,5-6,9-12H2,1-3H3,(H,24,25,26). The van der Waals surface area contributed by atoms with Gasteiger partial charge in [0.15, 0.2) is 22.8 Å². The van der Waals surface area contributed by atoms with Gasteiger partial charge in [-0.2, -0.15) is 0 Å². The van der Waals surface area contributed by atoms with Crippen LogP contribution in [-0.2, 0) is 4.79 Å². The van der Waals surface area contributed by atoms with E-state index in [2.05, 4.69) is 33.7 Å². The highest BCUT2D eigenvalue weighted by molar-refractivity contribution is 5.95. The van der Waals surface area contributed by atoms with Gasteiger partial charge in [-0.25, -0.2) is 15.0 Å². The third-order valence-electron chi connectivity index (χ3n) is 5.59. The number of nitrogens with one attached hydrogen (secondary N) is 1. The summed E-state index contributed by atoms with van der Waals surface area (Å²) in [6.07, 6.45) is 4.01. The average molecular weight is 421 g/mol. The molecular formula is C23H28N6O2. The molecule has 8 nitrogen and oxygen atoms in total. The van der Waals surface area contributed by atoms with Gasteiger partial charge in [-0.1, -0.05) is 18.2 Å². The minimum atomic E-state index is 0.0210. The number of anilines is 1. The molecule has 0 radical (unpaired) electrons. The van der Waals surface area contributed by atoms with Crippen molar-refractivity contribution in [2.24, 2.45) is 0 Å². The van der Waals surface area contributed by atoms with Crippen molar-refractivity contribution in [3.8, 4) is 11.4 Å². The van der Waals surface area contributed by atoms with E-state index < -0.39 is 0 Å². The number of Topliss-reactive ketones (excluding diaryl/α,β-unsaturated/α-hetero) is 1. The molecule has 1 aliphatic rings. The van der Waals surface area contributed by atoms with Crippen LogP contribution < -0.4 is 5.32 Å². The molecule has 0 bridgehead atoms. The number of aromatic nitrogens is 4. The largest absolute Gasteiger partial charge is 0.368 e. The number of benzene rings is 1. The Morgan fingerprint density at radius 1 is 1.26 bits per heavy atom. The Bertz CT molecular complexity index is 1120. The predicted molar refractivity (Wildman–Crippen MR) is 120 cm³/mol. The maximum Gasteiger partial charge on any atom is 0.222 e. The van der Waals surface area contributed by atoms with E-state index in [9.17, 15) is 9.59 Å². The number of amides is 1. The third kappa shape index (κ3) is 4.28. The summed E-state index contributed by atoms with van der Waals surface area (Å²) in [5, 5.41) is 3.37. The highest BCUT2D eigenvalue weighted by Gasteiger charge is 2.21. The van der Waals surface area contributed by atoms with Gasteiger partial charge in [0.1, 0.15) is 12.2 Å². The van der Waals surface area contributed by atoms with E-state index in [1.165, 1.54) is 0 Å². The summed E-state index contributed by atoms with van der Waals surface area (Å²) in [7, 11) is 0. The fourth-order valence-corrected chi connectivity index (χ4v) is 4.03. The van der Waals surface area contributed by atoms with E-state index in [0.717, 1.165) is 43.0 Å². The van der Waals surface area contributed by atoms with E-state index in [-0.39, 0.29) is 17.7 Å². The summed E-state index contributed by atoms with van der Waals surface area (Å²) in [6, 6.07) is 7.65. The molecule has 0 atom stereocenters. The topological polar surface area (TPSA) is 93.0 Å². The monoisotopic (exact) mass is 420 g/mol. The fourth-order valence-electron chi connectivity index (χ4n) is 4.03. The molecule has 1 aromatic carbocycles. The number of imidazole rings is 1. The summed E-state index contributed by atoms with van der Waals surface area (Å²) in [5.41, 5.74) is 2.99. The normalized spacial score (nSPS) is 14.1. The van der Waals surface area contributed by atoms with Gasteiger partial charge in [0.25, 0.3) is 0 Å². The Kier molecular flexibility index (Phi) is 5.97. The van der Waals surface area contributed by atoms with Crippen molar-refractivity contribution >= 4 is 28.7 Å². The van der Waals surface area contributed by atoms with E-state index in [0.29, 0.717) is 29.9 Å². The molecule has 1 aliphatic heterocycles. The smallest absolute Gasteiger partial charge is 0.222 e. The zero-order chi connectivity index (χ0) is 22.0. The number of hydrogen-bond donors (Lipinski definition) is 1. The highest BCUT2D eigenvalue weighted by Crippen LogP contribution is 2.30. The maximum absolute atomic E-state index is 11.9. The molecular weight excluding hydrogens is 392 g/mol. The number of fused-ring (bicyclic) bond motifs is 1. The summed E-state index contributed by atoms with van der Waals surface area (Å²) in [5.74, 6) is 1.71. The number of hydrogen-bond acceptors (Lipinski definition) is 6. The number of rotatable bonds is 8. The Morgan fingerprint density at radius 2 is 2.10 bits per heavy atom. The van der Waals surface area contributed by atoms with Gasteiger partial charge in [0.05, 0.1) is 0 Å². The Morgan fingerprint density at radius 3 is 2.81 bits per heavy atom. The van der Waals surface area contributed by atoms with Gasteiger partial charge in [-0.3, -0.25) is 9.59 Å². The summed E-state index contributed by atoms with van der Waals surface area (Å²) in [6.45, 7) is 8.04. The molecule has 0 unspecified atom stereocenters. The fraction of sp³-hybridized carbons (Fsp3) is 0.435. The first kappa shape index (κ1) is 21.0. The number of ketones is 1. The van der Waals surface area contributed by atoms with Crippen molar-refractivity contribution in [3.63, 3.8) is 0 Å². The lowest BCUT2D eigenvalue weighted by Gasteiger charge is -2.15. The van der Waals surface area contributed by atoms with Gasteiger partial charge in [0, 0.05) is 43.2 Å². The van der Waals surface area contributed by atoms with E-state index in [1.807, 2.05) is 29.2 Å². The average Bonchev–Trinajstić information content (AvgIpc) is 3.35. The quantitative estimate of drug-likeness (QED) is 0.441. The molecule has 1 saturated heterocycles. The zero-order valence-electron chi connectivity index (χ0n) is 18.3. The zero-order valence-corrected chi connectivity index (χ0v) is 18.3. The minimum Gasteiger partial charge on any atom is -0.368 e. The van der Waals surface area contributed by atoms with Crippen LogP contribution in [0.2, 0.25) is 0 Å². The Hall–Kier alpha value is -3.29. The van der Waals surface area contributed by atoms with Crippen LogP contribution in [0.15, 0.2) is 30.6 Å². The maximum atomic E-state index is 11.9. The second-order valence-electron chi connectivity index (χ2n) is 8.20. The molecule has 2 aromatic heterocycles. The summed E-state index contributed by atoms with van der Waals surface area (Å²) < 4.78 is 2.07. The second-order valence-corrected chi connectivity index (χ2v) is 8.20. The van der Waals surface area contributed by atoms with Gasteiger partial charge >= 0.3 is 0 Å². The van der Waals surface area contributed by atoms with Crippen molar-refractivity contribution < 1.29 is 9.59 Å². The second kappa shape index (κ2) is 8.83. The van der Waals surface area contributed by atoms with Crippen LogP contribution in [-0.4, -0.2) is 55.7 Å². The molecule has 1 fully saturated rings. The lowest BCUT2D eigenvalue weighted by atomic mass is 10.1. The molecule has 3 aromatic rings. The van der Waals surface area contributed by atoms with Gasteiger partial charge < -0.3 is 14.8 Å². The van der Waals surface area contributed by atoms with Gasteiger partial charge in [-0.15, -0.1) is 0 Å². The number of likely N-dealkylation sites (tertiary alicyclic amines) is 1. The minimum absolute atomic E-state index is 0.0210. The molecule has 0 saturated carbocycles. The van der Waals surface area contributed by atoms with Crippen molar-refractivity contribution in [1.82, 2.24) is 24.4 Å².